The molecule has 1 aliphatic heterocycles. The van der Waals surface area contributed by atoms with E-state index in [4.69, 9.17) is 16.9 Å². The zero-order valence-electron chi connectivity index (χ0n) is 15.0. The van der Waals surface area contributed by atoms with Gasteiger partial charge in [-0.25, -0.2) is 8.78 Å². The number of nitrogens with zero attached hydrogens (tertiary/aromatic N) is 3. The first kappa shape index (κ1) is 20.4. The summed E-state index contributed by atoms with van der Waals surface area (Å²) in [4.78, 5) is 29.2. The van der Waals surface area contributed by atoms with E-state index in [1.165, 1.54) is 24.5 Å². The number of carbonyl (C=O) groups is 2. The lowest BCUT2D eigenvalue weighted by molar-refractivity contribution is -0.180. The highest BCUT2D eigenvalue weighted by molar-refractivity contribution is 6.30. The van der Waals surface area contributed by atoms with Gasteiger partial charge in [-0.05, 0) is 23.8 Å². The van der Waals surface area contributed by atoms with Crippen molar-refractivity contribution in [1.82, 2.24) is 15.2 Å². The third-order valence-corrected chi connectivity index (χ3v) is 4.61. The summed E-state index contributed by atoms with van der Waals surface area (Å²) in [6.07, 6.45) is 6.38. The topological polar surface area (TPSA) is 86.1 Å². The molecule has 2 heterocycles. The van der Waals surface area contributed by atoms with Crippen molar-refractivity contribution in [3.05, 3.63) is 64.4 Å². The quantitative estimate of drug-likeness (QED) is 0.811. The van der Waals surface area contributed by atoms with E-state index in [1.54, 1.807) is 24.3 Å². The highest BCUT2D eigenvalue weighted by Gasteiger charge is 2.57. The van der Waals surface area contributed by atoms with Crippen LogP contribution < -0.4 is 5.32 Å². The van der Waals surface area contributed by atoms with Crippen molar-refractivity contribution in [2.24, 2.45) is 0 Å². The fourth-order valence-electron chi connectivity index (χ4n) is 2.78. The largest absolute Gasteiger partial charge is 0.343 e. The zero-order valence-corrected chi connectivity index (χ0v) is 15.7. The van der Waals surface area contributed by atoms with Gasteiger partial charge in [0, 0.05) is 28.5 Å². The van der Waals surface area contributed by atoms with Gasteiger partial charge in [-0.15, -0.1) is 0 Å². The maximum Gasteiger partial charge on any atom is 0.298 e. The Kier molecular flexibility index (Phi) is 5.89. The molecule has 0 saturated carbocycles. The summed E-state index contributed by atoms with van der Waals surface area (Å²) in [5.41, 5.74) is 1.64. The lowest BCUT2D eigenvalue weighted by Crippen LogP contribution is -2.67. The summed E-state index contributed by atoms with van der Waals surface area (Å²) < 4.78 is 26.5. The standard InChI is InChI=1S/C20H15ClF2N4O2/c21-15-5-2-13(3-6-15)1-4-14-10-25-8-7-16(14)19(29)26-11-18(28)27-12-20(22,23)17(27)9-24/h1-8,10,17H,11-12H2,(H,26,29)/b4-1+. The Morgan fingerprint density at radius 2 is 2.03 bits per heavy atom. The third-order valence-electron chi connectivity index (χ3n) is 4.36. The molecule has 148 valence electrons. The number of likely N-dealkylation sites (tertiary alicyclic amines) is 1. The van der Waals surface area contributed by atoms with Crippen LogP contribution in [0.3, 0.4) is 0 Å². The fraction of sp³-hybridized carbons (Fsp3) is 0.200. The minimum atomic E-state index is -3.22. The molecule has 2 amide bonds. The molecule has 1 N–H and O–H groups in total. The van der Waals surface area contributed by atoms with Gasteiger partial charge in [0.15, 0.2) is 6.04 Å². The maximum absolute atomic E-state index is 13.3. The number of nitrogens with one attached hydrogen (secondary N) is 1. The van der Waals surface area contributed by atoms with E-state index in [-0.39, 0.29) is 5.56 Å². The number of nitriles is 1. The summed E-state index contributed by atoms with van der Waals surface area (Å²) in [5.74, 6) is -4.53. The Balaban J connectivity index is 1.65. The Labute approximate surface area is 170 Å². The highest BCUT2D eigenvalue weighted by Crippen LogP contribution is 2.34. The molecule has 29 heavy (non-hydrogen) atoms. The van der Waals surface area contributed by atoms with Crippen molar-refractivity contribution in [1.29, 1.82) is 5.26 Å². The van der Waals surface area contributed by atoms with Crippen LogP contribution in [0.5, 0.6) is 0 Å². The lowest BCUT2D eigenvalue weighted by Gasteiger charge is -2.43. The predicted molar refractivity (Wildman–Crippen MR) is 103 cm³/mol. The number of hydrogen-bond donors (Lipinski definition) is 1. The molecule has 0 aliphatic carbocycles. The maximum atomic E-state index is 13.3. The van der Waals surface area contributed by atoms with Gasteiger partial charge >= 0.3 is 0 Å². The molecule has 9 heteroatoms. The number of amides is 2. The van der Waals surface area contributed by atoms with Crippen LogP contribution in [0.1, 0.15) is 21.5 Å². The molecule has 1 fully saturated rings. The lowest BCUT2D eigenvalue weighted by atomic mass is 9.99. The summed E-state index contributed by atoms with van der Waals surface area (Å²) in [6, 6.07) is 8.17. The van der Waals surface area contributed by atoms with E-state index in [1.807, 2.05) is 12.1 Å². The predicted octanol–water partition coefficient (Wildman–Crippen LogP) is 3.00. The van der Waals surface area contributed by atoms with Crippen molar-refractivity contribution in [2.45, 2.75) is 12.0 Å². The monoisotopic (exact) mass is 416 g/mol. The molecule has 1 unspecified atom stereocenters. The van der Waals surface area contributed by atoms with Gasteiger partial charge < -0.3 is 10.2 Å². The SMILES string of the molecule is N#CC1N(C(=O)CNC(=O)c2ccncc2/C=C/c2ccc(Cl)cc2)CC1(F)F. The molecule has 0 bridgehead atoms. The minimum absolute atomic E-state index is 0.267. The molecule has 1 atom stereocenters. The Morgan fingerprint density at radius 1 is 1.31 bits per heavy atom. The normalized spacial score (nSPS) is 17.4. The number of hydrogen-bond acceptors (Lipinski definition) is 4. The van der Waals surface area contributed by atoms with Gasteiger partial charge in [0.1, 0.15) is 0 Å². The van der Waals surface area contributed by atoms with E-state index in [9.17, 15) is 18.4 Å². The number of rotatable bonds is 5. The molecule has 1 saturated heterocycles. The number of benzene rings is 1. The smallest absolute Gasteiger partial charge is 0.298 e. The summed E-state index contributed by atoms with van der Waals surface area (Å²) in [5, 5.41) is 11.8. The second-order valence-electron chi connectivity index (χ2n) is 6.34. The van der Waals surface area contributed by atoms with Crippen LogP contribution in [0, 0.1) is 11.3 Å². The average Bonchev–Trinajstić information content (AvgIpc) is 2.70. The van der Waals surface area contributed by atoms with Gasteiger partial charge in [0.05, 0.1) is 19.2 Å². The van der Waals surface area contributed by atoms with Crippen LogP contribution >= 0.6 is 11.6 Å². The van der Waals surface area contributed by atoms with Crippen LogP contribution in [0.15, 0.2) is 42.7 Å². The Hall–Kier alpha value is -3.31. The second-order valence-corrected chi connectivity index (χ2v) is 6.78. The second kappa shape index (κ2) is 8.37. The van der Waals surface area contributed by atoms with Crippen LogP contribution in [0.25, 0.3) is 12.2 Å². The fourth-order valence-corrected chi connectivity index (χ4v) is 2.90. The molecular weight excluding hydrogens is 402 g/mol. The third kappa shape index (κ3) is 4.58. The van der Waals surface area contributed by atoms with E-state index in [0.717, 1.165) is 10.5 Å². The number of carbonyl (C=O) groups excluding carboxylic acids is 2. The highest BCUT2D eigenvalue weighted by atomic mass is 35.5. The van der Waals surface area contributed by atoms with Gasteiger partial charge in [-0.2, -0.15) is 5.26 Å². The van der Waals surface area contributed by atoms with Crippen molar-refractivity contribution < 1.29 is 18.4 Å². The van der Waals surface area contributed by atoms with Crippen molar-refractivity contribution in [3.8, 4) is 6.07 Å². The first-order chi connectivity index (χ1) is 13.8. The van der Waals surface area contributed by atoms with Crippen LogP contribution in [0.2, 0.25) is 5.02 Å². The van der Waals surface area contributed by atoms with Gasteiger partial charge in [-0.3, -0.25) is 14.6 Å². The Bertz CT molecular complexity index is 1000. The average molecular weight is 417 g/mol. The Morgan fingerprint density at radius 3 is 2.69 bits per heavy atom. The number of pyridine rings is 1. The summed E-state index contributed by atoms with van der Waals surface area (Å²) >= 11 is 5.85. The molecule has 0 radical (unpaired) electrons. The molecule has 0 spiro atoms. The molecule has 3 rings (SSSR count). The summed E-state index contributed by atoms with van der Waals surface area (Å²) in [6.45, 7) is -1.32. The molecular formula is C20H15ClF2N4O2. The van der Waals surface area contributed by atoms with Crippen molar-refractivity contribution >= 4 is 35.6 Å². The van der Waals surface area contributed by atoms with Crippen LogP contribution in [-0.4, -0.2) is 46.8 Å². The number of halogens is 3. The van der Waals surface area contributed by atoms with Crippen LogP contribution in [0.4, 0.5) is 8.78 Å². The van der Waals surface area contributed by atoms with Gasteiger partial charge in [0.2, 0.25) is 5.91 Å². The zero-order chi connectivity index (χ0) is 21.0. The number of aromatic nitrogens is 1. The number of alkyl halides is 2. The molecule has 1 aliphatic rings. The first-order valence-electron chi connectivity index (χ1n) is 8.54. The van der Waals surface area contributed by atoms with Gasteiger partial charge in [0.25, 0.3) is 11.8 Å². The van der Waals surface area contributed by atoms with E-state index < -0.39 is 36.9 Å². The van der Waals surface area contributed by atoms with E-state index in [0.29, 0.717) is 10.6 Å². The molecule has 1 aromatic carbocycles. The van der Waals surface area contributed by atoms with Crippen molar-refractivity contribution in [3.63, 3.8) is 0 Å². The van der Waals surface area contributed by atoms with Crippen molar-refractivity contribution in [2.75, 3.05) is 13.1 Å². The summed E-state index contributed by atoms with van der Waals surface area (Å²) in [7, 11) is 0. The minimum Gasteiger partial charge on any atom is -0.343 e. The first-order valence-corrected chi connectivity index (χ1v) is 8.92. The molecule has 2 aromatic rings. The molecule has 6 nitrogen and oxygen atoms in total. The van der Waals surface area contributed by atoms with Gasteiger partial charge in [-0.1, -0.05) is 35.9 Å². The van der Waals surface area contributed by atoms with E-state index >= 15 is 0 Å². The van der Waals surface area contributed by atoms with Crippen LogP contribution in [-0.2, 0) is 4.79 Å². The van der Waals surface area contributed by atoms with E-state index in [2.05, 4.69) is 10.3 Å². The molecule has 1 aromatic heterocycles.